The molecule has 0 bridgehead atoms. The molecule has 1 aliphatic rings. The molecule has 3 heterocycles. The molecule has 1 amide bonds. The van der Waals surface area contributed by atoms with Gasteiger partial charge in [-0.25, -0.2) is 4.68 Å². The van der Waals surface area contributed by atoms with Crippen LogP contribution in [0, 0.1) is 0 Å². The second-order valence-corrected chi connectivity index (χ2v) is 5.85. The van der Waals surface area contributed by atoms with Crippen LogP contribution in [-0.4, -0.2) is 36.8 Å². The van der Waals surface area contributed by atoms with E-state index in [1.165, 1.54) is 0 Å². The number of hydrogen-bond acceptors (Lipinski definition) is 5. The Morgan fingerprint density at radius 1 is 1.48 bits per heavy atom. The van der Waals surface area contributed by atoms with E-state index in [9.17, 15) is 4.79 Å². The number of carbonyl (C=O) groups is 1. The summed E-state index contributed by atoms with van der Waals surface area (Å²) < 4.78 is 9.19. The number of nitrogens with one attached hydrogen (secondary N) is 1. The standard InChI is InChI=1S/C15H22N6O2/c1-5-21-11(8-17-19-21)7-16-15(22)14-12-6-9(2)23-10(3)13(12)18-20(14)4/h8-10H,5-7H2,1-4H3,(H,16,22)/t9-,10+/m1/s1. The van der Waals surface area contributed by atoms with E-state index in [0.29, 0.717) is 18.7 Å². The zero-order valence-electron chi connectivity index (χ0n) is 13.9. The molecule has 0 fully saturated rings. The van der Waals surface area contributed by atoms with E-state index >= 15 is 0 Å². The molecule has 0 saturated carbocycles. The zero-order valence-corrected chi connectivity index (χ0v) is 13.9. The Bertz CT molecular complexity index is 720. The molecule has 0 aromatic carbocycles. The molecule has 0 spiro atoms. The summed E-state index contributed by atoms with van der Waals surface area (Å²) in [6.45, 7) is 7.08. The molecule has 0 unspecified atom stereocenters. The summed E-state index contributed by atoms with van der Waals surface area (Å²) in [5.41, 5.74) is 3.33. The monoisotopic (exact) mass is 318 g/mol. The van der Waals surface area contributed by atoms with Crippen molar-refractivity contribution in [3.8, 4) is 0 Å². The minimum Gasteiger partial charge on any atom is -0.369 e. The second kappa shape index (κ2) is 6.11. The highest BCUT2D eigenvalue weighted by atomic mass is 16.5. The molecule has 8 heteroatoms. The van der Waals surface area contributed by atoms with Crippen LogP contribution >= 0.6 is 0 Å². The van der Waals surface area contributed by atoms with E-state index in [4.69, 9.17) is 4.74 Å². The van der Waals surface area contributed by atoms with E-state index < -0.39 is 0 Å². The highest BCUT2D eigenvalue weighted by Crippen LogP contribution is 2.31. The van der Waals surface area contributed by atoms with Gasteiger partial charge in [0.1, 0.15) is 5.69 Å². The highest BCUT2D eigenvalue weighted by molar-refractivity contribution is 5.94. The van der Waals surface area contributed by atoms with Crippen LogP contribution in [-0.2, 0) is 31.3 Å². The third kappa shape index (κ3) is 2.86. The van der Waals surface area contributed by atoms with Crippen molar-refractivity contribution in [2.75, 3.05) is 0 Å². The summed E-state index contributed by atoms with van der Waals surface area (Å²) in [6.07, 6.45) is 2.36. The molecular formula is C15H22N6O2. The van der Waals surface area contributed by atoms with Crippen LogP contribution in [0.3, 0.4) is 0 Å². The molecule has 2 aromatic rings. The molecule has 0 aliphatic carbocycles. The van der Waals surface area contributed by atoms with E-state index in [0.717, 1.165) is 23.5 Å². The number of hydrogen-bond donors (Lipinski definition) is 1. The molecule has 3 rings (SSSR count). The zero-order chi connectivity index (χ0) is 16.6. The fraction of sp³-hybridized carbons (Fsp3) is 0.600. The summed E-state index contributed by atoms with van der Waals surface area (Å²) >= 11 is 0. The van der Waals surface area contributed by atoms with Crippen molar-refractivity contribution in [2.24, 2.45) is 7.05 Å². The van der Waals surface area contributed by atoms with Crippen LogP contribution in [0.25, 0.3) is 0 Å². The number of aryl methyl sites for hydroxylation is 2. The molecule has 0 saturated heterocycles. The Hall–Kier alpha value is -2.22. The third-order valence-electron chi connectivity index (χ3n) is 4.13. The van der Waals surface area contributed by atoms with Crippen molar-refractivity contribution in [1.29, 1.82) is 0 Å². The van der Waals surface area contributed by atoms with Gasteiger partial charge in [0.25, 0.3) is 5.91 Å². The van der Waals surface area contributed by atoms with Crippen molar-refractivity contribution < 1.29 is 9.53 Å². The molecule has 1 aliphatic heterocycles. The Balaban J connectivity index is 1.80. The van der Waals surface area contributed by atoms with Crippen LogP contribution in [0.4, 0.5) is 0 Å². The van der Waals surface area contributed by atoms with Crippen molar-refractivity contribution >= 4 is 5.91 Å². The number of amides is 1. The summed E-state index contributed by atoms with van der Waals surface area (Å²) in [7, 11) is 1.79. The van der Waals surface area contributed by atoms with Crippen molar-refractivity contribution in [2.45, 2.75) is 52.5 Å². The minimum absolute atomic E-state index is 0.0824. The largest absolute Gasteiger partial charge is 0.369 e. The average molecular weight is 318 g/mol. The number of nitrogens with zero attached hydrogens (tertiary/aromatic N) is 5. The normalized spacial score (nSPS) is 20.3. The van der Waals surface area contributed by atoms with Gasteiger partial charge < -0.3 is 10.1 Å². The van der Waals surface area contributed by atoms with Crippen LogP contribution in [0.15, 0.2) is 6.20 Å². The summed E-state index contributed by atoms with van der Waals surface area (Å²) in [6, 6.07) is 0. The maximum absolute atomic E-state index is 12.6. The average Bonchev–Trinajstić information content (AvgIpc) is 3.08. The maximum Gasteiger partial charge on any atom is 0.270 e. The Morgan fingerprint density at radius 2 is 2.26 bits per heavy atom. The van der Waals surface area contributed by atoms with Gasteiger partial charge in [-0.15, -0.1) is 5.10 Å². The fourth-order valence-corrected chi connectivity index (χ4v) is 3.09. The van der Waals surface area contributed by atoms with E-state index in [2.05, 4.69) is 20.7 Å². The first kappa shape index (κ1) is 15.7. The molecule has 0 radical (unpaired) electrons. The predicted octanol–water partition coefficient (Wildman–Crippen LogP) is 0.984. The summed E-state index contributed by atoms with van der Waals surface area (Å²) in [5.74, 6) is -0.133. The van der Waals surface area contributed by atoms with E-state index in [1.807, 2.05) is 20.8 Å². The van der Waals surface area contributed by atoms with E-state index in [1.54, 1.807) is 22.6 Å². The Kier molecular flexibility index (Phi) is 4.16. The van der Waals surface area contributed by atoms with Gasteiger partial charge in [-0.3, -0.25) is 9.48 Å². The van der Waals surface area contributed by atoms with Gasteiger partial charge in [0, 0.05) is 25.6 Å². The van der Waals surface area contributed by atoms with Gasteiger partial charge >= 0.3 is 0 Å². The SMILES string of the molecule is CCn1nncc1CNC(=O)c1c2c(nn1C)[C@H](C)O[C@H](C)C2. The van der Waals surface area contributed by atoms with Crippen molar-refractivity contribution in [3.05, 3.63) is 28.8 Å². The quantitative estimate of drug-likeness (QED) is 0.908. The topological polar surface area (TPSA) is 86.9 Å². The van der Waals surface area contributed by atoms with Crippen LogP contribution in [0.5, 0.6) is 0 Å². The lowest BCUT2D eigenvalue weighted by Crippen LogP contribution is -2.29. The smallest absolute Gasteiger partial charge is 0.270 e. The van der Waals surface area contributed by atoms with Crippen molar-refractivity contribution in [3.63, 3.8) is 0 Å². The van der Waals surface area contributed by atoms with Gasteiger partial charge in [0.2, 0.25) is 0 Å². The number of fused-ring (bicyclic) bond motifs is 1. The molecular weight excluding hydrogens is 296 g/mol. The fourth-order valence-electron chi connectivity index (χ4n) is 3.09. The number of aromatic nitrogens is 5. The lowest BCUT2D eigenvalue weighted by molar-refractivity contribution is -0.00710. The number of carbonyl (C=O) groups excluding carboxylic acids is 1. The highest BCUT2D eigenvalue weighted by Gasteiger charge is 2.31. The van der Waals surface area contributed by atoms with Crippen molar-refractivity contribution in [1.82, 2.24) is 30.1 Å². The third-order valence-corrected chi connectivity index (χ3v) is 4.13. The number of rotatable bonds is 4. The molecule has 124 valence electrons. The van der Waals surface area contributed by atoms with Gasteiger partial charge in [-0.05, 0) is 20.8 Å². The van der Waals surface area contributed by atoms with Crippen LogP contribution < -0.4 is 5.32 Å². The summed E-state index contributed by atoms with van der Waals surface area (Å²) in [5, 5.41) is 15.2. The first-order valence-corrected chi connectivity index (χ1v) is 7.88. The molecule has 23 heavy (non-hydrogen) atoms. The van der Waals surface area contributed by atoms with Gasteiger partial charge in [-0.2, -0.15) is 5.10 Å². The molecule has 1 N–H and O–H groups in total. The van der Waals surface area contributed by atoms with Gasteiger partial charge in [-0.1, -0.05) is 5.21 Å². The minimum atomic E-state index is -0.133. The lowest BCUT2D eigenvalue weighted by Gasteiger charge is -2.24. The van der Waals surface area contributed by atoms with E-state index in [-0.39, 0.29) is 18.1 Å². The van der Waals surface area contributed by atoms with Crippen LogP contribution in [0.2, 0.25) is 0 Å². The summed E-state index contributed by atoms with van der Waals surface area (Å²) in [4.78, 5) is 12.6. The van der Waals surface area contributed by atoms with Gasteiger partial charge in [0.05, 0.1) is 36.3 Å². The Morgan fingerprint density at radius 3 is 3.00 bits per heavy atom. The first-order chi connectivity index (χ1) is 11.0. The van der Waals surface area contributed by atoms with Gasteiger partial charge in [0.15, 0.2) is 0 Å². The molecule has 2 atom stereocenters. The first-order valence-electron chi connectivity index (χ1n) is 7.88. The number of ether oxygens (including phenoxy) is 1. The maximum atomic E-state index is 12.6. The second-order valence-electron chi connectivity index (χ2n) is 5.85. The van der Waals surface area contributed by atoms with Crippen LogP contribution in [0.1, 0.15) is 54.3 Å². The molecule has 8 nitrogen and oxygen atoms in total. The Labute approximate surface area is 134 Å². The predicted molar refractivity (Wildman–Crippen MR) is 82.7 cm³/mol. The lowest BCUT2D eigenvalue weighted by atomic mass is 9.99. The molecule has 2 aromatic heterocycles.